The van der Waals surface area contributed by atoms with Crippen LogP contribution in [0.1, 0.15) is 39.5 Å². The topological polar surface area (TPSA) is 55.1 Å². The lowest BCUT2D eigenvalue weighted by Gasteiger charge is -2.19. The lowest BCUT2D eigenvalue weighted by atomic mass is 9.98. The van der Waals surface area contributed by atoms with Gasteiger partial charge in [-0.25, -0.2) is 0 Å². The second-order valence-electron chi connectivity index (χ2n) is 4.48. The average molecular weight is 198 g/mol. The van der Waals surface area contributed by atoms with Crippen molar-refractivity contribution in [2.24, 2.45) is 17.6 Å². The summed E-state index contributed by atoms with van der Waals surface area (Å²) < 4.78 is 0. The predicted molar refractivity (Wildman–Crippen MR) is 57.8 cm³/mol. The van der Waals surface area contributed by atoms with Crippen molar-refractivity contribution in [3.63, 3.8) is 0 Å². The maximum Gasteiger partial charge on any atom is 0.220 e. The molecule has 82 valence electrons. The minimum atomic E-state index is 0.168. The molecule has 1 fully saturated rings. The van der Waals surface area contributed by atoms with Crippen LogP contribution in [-0.2, 0) is 4.79 Å². The van der Waals surface area contributed by atoms with Crippen LogP contribution < -0.4 is 11.1 Å². The number of carbonyl (C=O) groups excluding carboxylic acids is 1. The van der Waals surface area contributed by atoms with Crippen LogP contribution in [0.2, 0.25) is 0 Å². The molecule has 3 heteroatoms. The summed E-state index contributed by atoms with van der Waals surface area (Å²) in [4.78, 5) is 11.4. The number of amides is 1. The van der Waals surface area contributed by atoms with Gasteiger partial charge in [0.05, 0.1) is 0 Å². The first-order chi connectivity index (χ1) is 6.65. The van der Waals surface area contributed by atoms with Gasteiger partial charge in [-0.2, -0.15) is 0 Å². The van der Waals surface area contributed by atoms with Gasteiger partial charge in [0, 0.05) is 12.5 Å². The zero-order valence-corrected chi connectivity index (χ0v) is 9.25. The second kappa shape index (κ2) is 5.35. The van der Waals surface area contributed by atoms with Crippen molar-refractivity contribution in [3.8, 4) is 0 Å². The summed E-state index contributed by atoms with van der Waals surface area (Å²) >= 11 is 0. The first-order valence-corrected chi connectivity index (χ1v) is 5.64. The van der Waals surface area contributed by atoms with Gasteiger partial charge in [0.2, 0.25) is 5.91 Å². The molecule has 0 spiro atoms. The third kappa shape index (κ3) is 2.98. The lowest BCUT2D eigenvalue weighted by Crippen LogP contribution is -2.37. The number of hydrogen-bond acceptors (Lipinski definition) is 2. The van der Waals surface area contributed by atoms with Gasteiger partial charge >= 0.3 is 0 Å². The maximum absolute atomic E-state index is 11.4. The van der Waals surface area contributed by atoms with Gasteiger partial charge in [0.15, 0.2) is 0 Å². The molecule has 1 rings (SSSR count). The summed E-state index contributed by atoms with van der Waals surface area (Å²) in [6.07, 6.45) is 3.75. The molecule has 0 aromatic carbocycles. The van der Waals surface area contributed by atoms with Gasteiger partial charge in [0.1, 0.15) is 0 Å². The molecule has 1 aliphatic rings. The molecule has 0 saturated heterocycles. The van der Waals surface area contributed by atoms with E-state index < -0.39 is 0 Å². The molecule has 1 aliphatic carbocycles. The fraction of sp³-hybridized carbons (Fsp3) is 0.909. The van der Waals surface area contributed by atoms with Crippen LogP contribution in [0.4, 0.5) is 0 Å². The number of carbonyl (C=O) groups is 1. The van der Waals surface area contributed by atoms with E-state index in [9.17, 15) is 4.79 Å². The smallest absolute Gasteiger partial charge is 0.220 e. The summed E-state index contributed by atoms with van der Waals surface area (Å²) in [6, 6.07) is 0.398. The van der Waals surface area contributed by atoms with Crippen molar-refractivity contribution in [3.05, 3.63) is 0 Å². The largest absolute Gasteiger partial charge is 0.353 e. The fourth-order valence-corrected chi connectivity index (χ4v) is 2.11. The van der Waals surface area contributed by atoms with Crippen LogP contribution in [0.3, 0.4) is 0 Å². The summed E-state index contributed by atoms with van der Waals surface area (Å²) in [5, 5.41) is 3.10. The molecule has 14 heavy (non-hydrogen) atoms. The Morgan fingerprint density at radius 2 is 2.14 bits per heavy atom. The van der Waals surface area contributed by atoms with E-state index in [1.54, 1.807) is 0 Å². The van der Waals surface area contributed by atoms with Crippen LogP contribution in [0, 0.1) is 11.8 Å². The van der Waals surface area contributed by atoms with Crippen molar-refractivity contribution < 1.29 is 4.79 Å². The highest BCUT2D eigenvalue weighted by atomic mass is 16.1. The molecule has 1 amide bonds. The maximum atomic E-state index is 11.4. The number of nitrogens with two attached hydrogens (primary N) is 1. The average Bonchev–Trinajstić information content (AvgIpc) is 2.46. The van der Waals surface area contributed by atoms with Gasteiger partial charge < -0.3 is 11.1 Å². The van der Waals surface area contributed by atoms with E-state index in [4.69, 9.17) is 5.73 Å². The van der Waals surface area contributed by atoms with Crippen LogP contribution in [0.5, 0.6) is 0 Å². The third-order valence-electron chi connectivity index (χ3n) is 3.42. The van der Waals surface area contributed by atoms with E-state index in [-0.39, 0.29) is 5.91 Å². The monoisotopic (exact) mass is 198 g/mol. The molecule has 0 bridgehead atoms. The molecule has 0 aliphatic heterocycles. The molecular formula is C11H22N2O. The van der Waals surface area contributed by atoms with E-state index in [0.29, 0.717) is 24.9 Å². The van der Waals surface area contributed by atoms with Crippen molar-refractivity contribution in [2.45, 2.75) is 45.6 Å². The molecule has 3 N–H and O–H groups in total. The molecule has 0 radical (unpaired) electrons. The first kappa shape index (κ1) is 11.5. The molecule has 0 aromatic rings. The van der Waals surface area contributed by atoms with Gasteiger partial charge in [-0.05, 0) is 37.6 Å². The van der Waals surface area contributed by atoms with Crippen LogP contribution in [0.15, 0.2) is 0 Å². The highest BCUT2D eigenvalue weighted by molar-refractivity contribution is 5.76. The predicted octanol–water partition coefficient (Wildman–Crippen LogP) is 1.28. The number of nitrogens with one attached hydrogen (secondary N) is 1. The van der Waals surface area contributed by atoms with Gasteiger partial charge in [-0.3, -0.25) is 4.79 Å². The lowest BCUT2D eigenvalue weighted by molar-refractivity contribution is -0.122. The Labute approximate surface area is 86.4 Å². The molecule has 3 unspecified atom stereocenters. The Hall–Kier alpha value is -0.570. The Morgan fingerprint density at radius 1 is 1.43 bits per heavy atom. The van der Waals surface area contributed by atoms with Gasteiger partial charge in [0.25, 0.3) is 0 Å². The SMILES string of the molecule is CC1CCC(NC(=O)CCCN)C1C. The van der Waals surface area contributed by atoms with Crippen molar-refractivity contribution in [1.82, 2.24) is 5.32 Å². The van der Waals surface area contributed by atoms with Crippen molar-refractivity contribution >= 4 is 5.91 Å². The second-order valence-corrected chi connectivity index (χ2v) is 4.48. The Bertz CT molecular complexity index is 194. The standard InChI is InChI=1S/C11H22N2O/c1-8-5-6-10(9(8)2)13-11(14)4-3-7-12/h8-10H,3-7,12H2,1-2H3,(H,13,14). The minimum absolute atomic E-state index is 0.168. The van der Waals surface area contributed by atoms with Crippen molar-refractivity contribution in [2.75, 3.05) is 6.54 Å². The van der Waals surface area contributed by atoms with Gasteiger partial charge in [-0.1, -0.05) is 13.8 Å². The minimum Gasteiger partial charge on any atom is -0.353 e. The van der Waals surface area contributed by atoms with E-state index in [0.717, 1.165) is 18.8 Å². The third-order valence-corrected chi connectivity index (χ3v) is 3.42. The van der Waals surface area contributed by atoms with E-state index in [2.05, 4.69) is 19.2 Å². The normalized spacial score (nSPS) is 31.8. The number of rotatable bonds is 4. The molecule has 0 heterocycles. The highest BCUT2D eigenvalue weighted by Gasteiger charge is 2.30. The summed E-state index contributed by atoms with van der Waals surface area (Å²) in [5.41, 5.74) is 5.35. The molecular weight excluding hydrogens is 176 g/mol. The Morgan fingerprint density at radius 3 is 2.64 bits per heavy atom. The van der Waals surface area contributed by atoms with E-state index >= 15 is 0 Å². The molecule has 3 nitrogen and oxygen atoms in total. The molecule has 3 atom stereocenters. The fourth-order valence-electron chi connectivity index (χ4n) is 2.11. The van der Waals surface area contributed by atoms with Crippen LogP contribution >= 0.6 is 0 Å². The van der Waals surface area contributed by atoms with Crippen LogP contribution in [0.25, 0.3) is 0 Å². The van der Waals surface area contributed by atoms with E-state index in [1.807, 2.05) is 0 Å². The zero-order valence-electron chi connectivity index (χ0n) is 9.25. The Kier molecular flexibility index (Phi) is 4.39. The van der Waals surface area contributed by atoms with Gasteiger partial charge in [-0.15, -0.1) is 0 Å². The Balaban J connectivity index is 2.27. The van der Waals surface area contributed by atoms with Crippen molar-refractivity contribution in [1.29, 1.82) is 0 Å². The summed E-state index contributed by atoms with van der Waals surface area (Å²) in [7, 11) is 0. The molecule has 0 aromatic heterocycles. The summed E-state index contributed by atoms with van der Waals surface area (Å²) in [5.74, 6) is 1.54. The summed E-state index contributed by atoms with van der Waals surface area (Å²) in [6.45, 7) is 5.09. The molecule has 1 saturated carbocycles. The zero-order chi connectivity index (χ0) is 10.6. The quantitative estimate of drug-likeness (QED) is 0.715. The first-order valence-electron chi connectivity index (χ1n) is 5.64. The highest BCUT2D eigenvalue weighted by Crippen LogP contribution is 2.30. The van der Waals surface area contributed by atoms with Crippen LogP contribution in [-0.4, -0.2) is 18.5 Å². The number of hydrogen-bond donors (Lipinski definition) is 2. The van der Waals surface area contributed by atoms with E-state index in [1.165, 1.54) is 6.42 Å².